The van der Waals surface area contributed by atoms with Crippen LogP contribution in [0.1, 0.15) is 87.8 Å². The van der Waals surface area contributed by atoms with Gasteiger partial charge in [0.1, 0.15) is 22.5 Å². The predicted molar refractivity (Wildman–Crippen MR) is 248 cm³/mol. The molecule has 7 aromatic rings. The van der Waals surface area contributed by atoms with Crippen molar-refractivity contribution in [3.05, 3.63) is 100 Å². The average Bonchev–Trinajstić information content (AvgIpc) is 3.55. The van der Waals surface area contributed by atoms with Gasteiger partial charge in [-0.1, -0.05) is 59.7 Å². The van der Waals surface area contributed by atoms with Gasteiger partial charge in [-0.3, -0.25) is 0 Å². The number of hydrogen-bond donors (Lipinski definition) is 0. The molecule has 0 atom stereocenters. The molecule has 0 bridgehead atoms. The Kier molecular flexibility index (Phi) is 8.27. The lowest BCUT2D eigenvalue weighted by Crippen LogP contribution is -2.60. The molecule has 6 heterocycles. The van der Waals surface area contributed by atoms with Crippen LogP contribution in [0.15, 0.2) is 75.6 Å². The van der Waals surface area contributed by atoms with E-state index in [0.717, 1.165) is 131 Å². The number of furan rings is 2. The molecule has 0 saturated carbocycles. The highest BCUT2D eigenvalue weighted by atomic mass is 16.5. The maximum atomic E-state index is 7.27. The summed E-state index contributed by atoms with van der Waals surface area (Å²) in [5.41, 5.74) is 17.4. The summed E-state index contributed by atoms with van der Waals surface area (Å²) in [5, 5.41) is 2.13. The fraction of sp³-hybridized carbons (Fsp3) is 0.346. The van der Waals surface area contributed by atoms with Gasteiger partial charge in [-0.05, 0) is 115 Å². The fourth-order valence-corrected chi connectivity index (χ4v) is 10.2. The van der Waals surface area contributed by atoms with Gasteiger partial charge in [0.25, 0.3) is 0 Å². The van der Waals surface area contributed by atoms with Crippen LogP contribution >= 0.6 is 0 Å². The molecule has 0 fully saturated rings. The van der Waals surface area contributed by atoms with E-state index in [1.54, 1.807) is 0 Å². The second-order valence-corrected chi connectivity index (χ2v) is 19.5. The summed E-state index contributed by atoms with van der Waals surface area (Å²) < 4.78 is 40.1. The van der Waals surface area contributed by atoms with Crippen LogP contribution in [-0.4, -0.2) is 33.1 Å². The third-order valence-electron chi connectivity index (χ3n) is 13.2. The number of rotatable bonds is 2. The van der Waals surface area contributed by atoms with E-state index in [9.17, 15) is 0 Å². The van der Waals surface area contributed by atoms with E-state index < -0.39 is 0 Å². The lowest BCUT2D eigenvalue weighted by Gasteiger charge is -2.42. The van der Waals surface area contributed by atoms with Crippen LogP contribution in [0.3, 0.4) is 0 Å². The van der Waals surface area contributed by atoms with Crippen molar-refractivity contribution in [3.63, 3.8) is 0 Å². The molecule has 0 spiro atoms. The minimum Gasteiger partial charge on any atom is -0.490 e. The Morgan fingerprint density at radius 3 is 1.36 bits per heavy atom. The van der Waals surface area contributed by atoms with E-state index in [1.807, 2.05) is 0 Å². The number of fused-ring (bicyclic) bond motifs is 10. The van der Waals surface area contributed by atoms with Crippen molar-refractivity contribution in [2.24, 2.45) is 0 Å². The first-order valence-electron chi connectivity index (χ1n) is 21.9. The maximum absolute atomic E-state index is 7.27. The Balaban J connectivity index is 1.27. The van der Waals surface area contributed by atoms with E-state index in [0.29, 0.717) is 26.4 Å². The van der Waals surface area contributed by atoms with Crippen LogP contribution in [0.25, 0.3) is 21.9 Å². The molecule has 0 amide bonds. The Labute approximate surface area is 358 Å². The zero-order valence-electron chi connectivity index (χ0n) is 37.0. The van der Waals surface area contributed by atoms with Gasteiger partial charge in [0.2, 0.25) is 0 Å². The molecule has 0 N–H and O–H groups in total. The van der Waals surface area contributed by atoms with Gasteiger partial charge in [0, 0.05) is 46.1 Å². The summed E-state index contributed by atoms with van der Waals surface area (Å²) in [5.74, 6) is 3.18. The van der Waals surface area contributed by atoms with Crippen LogP contribution in [0, 0.1) is 27.7 Å². The summed E-state index contributed by atoms with van der Waals surface area (Å²) in [6, 6.07) is 24.4. The highest BCUT2D eigenvalue weighted by Gasteiger charge is 2.51. The number of nitrogens with zero attached hydrogens (tertiary/aromatic N) is 2. The third kappa shape index (κ3) is 5.57. The molecule has 11 rings (SSSR count). The molecule has 9 heteroatoms. The predicted octanol–water partition coefficient (Wildman–Crippen LogP) is 11.4. The molecule has 0 saturated heterocycles. The van der Waals surface area contributed by atoms with Crippen molar-refractivity contribution in [1.29, 1.82) is 0 Å². The molecule has 0 aliphatic carbocycles. The minimum absolute atomic E-state index is 0.0790. The molecule has 61 heavy (non-hydrogen) atoms. The van der Waals surface area contributed by atoms with Crippen LogP contribution in [-0.2, 0) is 10.8 Å². The Hall–Kier alpha value is -5.96. The lowest BCUT2D eigenvalue weighted by molar-refractivity contribution is 0.296. The standard InChI is InChI=1S/C52H53BN2O6/c1-28-24-40-47(58-22-12-20-56-40)30(3)43(28)54-36-14-11-15-37-42(36)53(49-45(54)34-26-32(51(5,6)7)16-18-38(34)60-49)50-46(35-27-33(52(8,9)10)17-19-39(35)61-50)55(37)44-29(2)25-41-48(31(44)4)59-23-13-21-57-41/h11,14-19,24-27H,12-13,20-23H2,1-10H3. The van der Waals surface area contributed by atoms with Gasteiger partial charge in [-0.2, -0.15) is 0 Å². The molecule has 0 radical (unpaired) electrons. The lowest BCUT2D eigenvalue weighted by atomic mass is 9.37. The van der Waals surface area contributed by atoms with E-state index in [-0.39, 0.29) is 17.5 Å². The van der Waals surface area contributed by atoms with Crippen molar-refractivity contribution in [1.82, 2.24) is 0 Å². The van der Waals surface area contributed by atoms with Crippen LogP contribution < -0.4 is 45.5 Å². The van der Waals surface area contributed by atoms with Gasteiger partial charge in [-0.25, -0.2) is 0 Å². The molecular weight excluding hydrogens is 759 g/mol. The minimum atomic E-state index is -0.346. The number of aryl methyl sites for hydroxylation is 2. The number of benzene rings is 5. The largest absolute Gasteiger partial charge is 0.490 e. The molecule has 5 aromatic carbocycles. The summed E-state index contributed by atoms with van der Waals surface area (Å²) in [6.45, 7) is 24.4. The first kappa shape index (κ1) is 38.0. The molecule has 310 valence electrons. The Morgan fingerprint density at radius 2 is 0.934 bits per heavy atom. The molecule has 2 aromatic heterocycles. The van der Waals surface area contributed by atoms with Gasteiger partial charge < -0.3 is 37.6 Å². The SMILES string of the molecule is Cc1cc2c(c(C)c1N1c3cccc4c3B(c3oc5ccc(C(C)(C)C)cc5c31)c1oc3ccc(C(C)(C)C)cc3c1N4c1c(C)cc3c(c1C)OCCCO3)OCCCO2. The fourth-order valence-electron chi connectivity index (χ4n) is 10.2. The topological polar surface area (TPSA) is 69.7 Å². The first-order chi connectivity index (χ1) is 29.2. The summed E-state index contributed by atoms with van der Waals surface area (Å²) in [6.07, 6.45) is 1.66. The van der Waals surface area contributed by atoms with Crippen molar-refractivity contribution in [2.75, 3.05) is 36.2 Å². The normalized spacial score (nSPS) is 15.7. The first-order valence-corrected chi connectivity index (χ1v) is 21.9. The van der Waals surface area contributed by atoms with Crippen molar-refractivity contribution in [3.8, 4) is 23.0 Å². The smallest absolute Gasteiger partial charge is 0.342 e. The highest BCUT2D eigenvalue weighted by Crippen LogP contribution is 2.54. The summed E-state index contributed by atoms with van der Waals surface area (Å²) in [4.78, 5) is 4.89. The second-order valence-electron chi connectivity index (χ2n) is 19.5. The molecular formula is C52H53BN2O6. The van der Waals surface area contributed by atoms with Crippen molar-refractivity contribution < 1.29 is 27.8 Å². The Bertz CT molecular complexity index is 2780. The Morgan fingerprint density at radius 1 is 0.508 bits per heavy atom. The van der Waals surface area contributed by atoms with Crippen LogP contribution in [0.4, 0.5) is 34.1 Å². The quantitative estimate of drug-likeness (QED) is 0.160. The number of ether oxygens (including phenoxy) is 4. The molecule has 8 nitrogen and oxygen atoms in total. The average molecular weight is 813 g/mol. The van der Waals surface area contributed by atoms with E-state index in [1.165, 1.54) is 11.1 Å². The summed E-state index contributed by atoms with van der Waals surface area (Å²) >= 11 is 0. The van der Waals surface area contributed by atoms with E-state index in [2.05, 4.69) is 146 Å². The van der Waals surface area contributed by atoms with Gasteiger partial charge >= 0.3 is 6.71 Å². The molecule has 4 aliphatic rings. The van der Waals surface area contributed by atoms with E-state index >= 15 is 0 Å². The zero-order valence-corrected chi connectivity index (χ0v) is 37.0. The number of hydrogen-bond acceptors (Lipinski definition) is 8. The summed E-state index contributed by atoms with van der Waals surface area (Å²) in [7, 11) is 0. The van der Waals surface area contributed by atoms with Gasteiger partial charge in [0.05, 0.1) is 49.2 Å². The second kappa shape index (κ2) is 13.3. The van der Waals surface area contributed by atoms with Crippen molar-refractivity contribution in [2.45, 2.75) is 92.9 Å². The van der Waals surface area contributed by atoms with Crippen LogP contribution in [0.5, 0.6) is 23.0 Å². The van der Waals surface area contributed by atoms with Crippen LogP contribution in [0.2, 0.25) is 0 Å². The molecule has 4 aliphatic heterocycles. The maximum Gasteiger partial charge on any atom is 0.342 e. The monoisotopic (exact) mass is 812 g/mol. The highest BCUT2D eigenvalue weighted by molar-refractivity contribution is 6.99. The van der Waals surface area contributed by atoms with E-state index in [4.69, 9.17) is 27.8 Å². The van der Waals surface area contributed by atoms with Crippen molar-refractivity contribution >= 4 is 79.6 Å². The third-order valence-corrected chi connectivity index (χ3v) is 13.2. The number of anilines is 6. The van der Waals surface area contributed by atoms with Gasteiger partial charge in [0.15, 0.2) is 23.0 Å². The molecule has 0 unspecified atom stereocenters. The zero-order chi connectivity index (χ0) is 42.3. The van der Waals surface area contributed by atoms with Gasteiger partial charge in [-0.15, -0.1) is 0 Å².